The Morgan fingerprint density at radius 3 is 2.42 bits per heavy atom. The Morgan fingerprint density at radius 1 is 0.947 bits per heavy atom. The number of aryl methyl sites for hydroxylation is 2. The first-order chi connectivity index (χ1) is 9.16. The van der Waals surface area contributed by atoms with Gasteiger partial charge in [-0.3, -0.25) is 4.79 Å². The first kappa shape index (κ1) is 11.7. The van der Waals surface area contributed by atoms with Crippen LogP contribution in [0.5, 0.6) is 0 Å². The van der Waals surface area contributed by atoms with E-state index < -0.39 is 0 Å². The Morgan fingerprint density at radius 2 is 1.68 bits per heavy atom. The minimum atomic E-state index is -0.0277. The summed E-state index contributed by atoms with van der Waals surface area (Å²) in [5, 5.41) is 1.11. The number of aromatic nitrogens is 1. The lowest BCUT2D eigenvalue weighted by atomic mass is 9.98. The molecule has 3 rings (SSSR count). The predicted octanol–water partition coefficient (Wildman–Crippen LogP) is 3.81. The first-order valence-corrected chi connectivity index (χ1v) is 6.35. The van der Waals surface area contributed by atoms with Crippen molar-refractivity contribution in [3.8, 4) is 11.1 Å². The van der Waals surface area contributed by atoms with Gasteiger partial charge in [0.1, 0.15) is 0 Å². The quantitative estimate of drug-likeness (QED) is 0.699. The molecule has 0 amide bonds. The van der Waals surface area contributed by atoms with Crippen molar-refractivity contribution in [2.75, 3.05) is 0 Å². The molecule has 0 aliphatic rings. The maximum Gasteiger partial charge on any atom is 0.256 e. The maximum atomic E-state index is 12.3. The fraction of sp³-hybridized carbons (Fsp3) is 0.118. The molecule has 0 saturated heterocycles. The number of rotatable bonds is 1. The minimum Gasteiger partial charge on any atom is -0.321 e. The van der Waals surface area contributed by atoms with Gasteiger partial charge in [-0.2, -0.15) is 0 Å². The van der Waals surface area contributed by atoms with Gasteiger partial charge in [0.2, 0.25) is 0 Å². The molecule has 0 aliphatic heterocycles. The zero-order chi connectivity index (χ0) is 13.4. The van der Waals surface area contributed by atoms with Gasteiger partial charge in [0.05, 0.1) is 5.56 Å². The van der Waals surface area contributed by atoms with Gasteiger partial charge < -0.3 is 4.98 Å². The van der Waals surface area contributed by atoms with E-state index in [9.17, 15) is 4.79 Å². The van der Waals surface area contributed by atoms with E-state index in [2.05, 4.69) is 18.0 Å². The first-order valence-electron chi connectivity index (χ1n) is 6.35. The van der Waals surface area contributed by atoms with Crippen LogP contribution < -0.4 is 5.56 Å². The van der Waals surface area contributed by atoms with Gasteiger partial charge in [-0.25, -0.2) is 0 Å². The number of benzene rings is 2. The third-order valence-corrected chi connectivity index (χ3v) is 3.49. The van der Waals surface area contributed by atoms with Crippen molar-refractivity contribution >= 4 is 10.9 Å². The van der Waals surface area contributed by atoms with Gasteiger partial charge in [-0.05, 0) is 37.1 Å². The summed E-state index contributed by atoms with van der Waals surface area (Å²) in [6, 6.07) is 15.9. The average molecular weight is 249 g/mol. The van der Waals surface area contributed by atoms with Crippen LogP contribution in [0.1, 0.15) is 11.1 Å². The summed E-state index contributed by atoms with van der Waals surface area (Å²) in [6.45, 7) is 4.07. The molecule has 94 valence electrons. The lowest BCUT2D eigenvalue weighted by Crippen LogP contribution is -2.11. The second-order valence-corrected chi connectivity index (χ2v) is 4.87. The molecule has 19 heavy (non-hydrogen) atoms. The number of aromatic amines is 1. The third kappa shape index (κ3) is 1.95. The van der Waals surface area contributed by atoms with Crippen molar-refractivity contribution in [2.24, 2.45) is 0 Å². The van der Waals surface area contributed by atoms with Crippen LogP contribution in [0, 0.1) is 13.8 Å². The van der Waals surface area contributed by atoms with E-state index in [4.69, 9.17) is 0 Å². The van der Waals surface area contributed by atoms with E-state index in [1.54, 1.807) is 0 Å². The molecule has 2 heteroatoms. The highest BCUT2D eigenvalue weighted by atomic mass is 16.1. The smallest absolute Gasteiger partial charge is 0.256 e. The van der Waals surface area contributed by atoms with Crippen LogP contribution in [0.3, 0.4) is 0 Å². The normalized spacial score (nSPS) is 10.8. The molecule has 3 aromatic rings. The van der Waals surface area contributed by atoms with Crippen LogP contribution >= 0.6 is 0 Å². The topological polar surface area (TPSA) is 32.9 Å². The molecule has 0 radical (unpaired) electrons. The van der Waals surface area contributed by atoms with E-state index in [-0.39, 0.29) is 5.56 Å². The summed E-state index contributed by atoms with van der Waals surface area (Å²) in [5.41, 5.74) is 4.83. The van der Waals surface area contributed by atoms with E-state index in [0.717, 1.165) is 27.6 Å². The second-order valence-electron chi connectivity index (χ2n) is 4.87. The van der Waals surface area contributed by atoms with Crippen LogP contribution in [0.4, 0.5) is 0 Å². The number of pyridine rings is 1. The molecule has 0 spiro atoms. The molecular formula is C17H15NO. The summed E-state index contributed by atoms with van der Waals surface area (Å²) < 4.78 is 0. The zero-order valence-corrected chi connectivity index (χ0v) is 11.0. The van der Waals surface area contributed by atoms with Crippen LogP contribution in [-0.4, -0.2) is 4.98 Å². The number of H-pyrrole nitrogens is 1. The fourth-order valence-electron chi connectivity index (χ4n) is 2.52. The lowest BCUT2D eigenvalue weighted by Gasteiger charge is -2.09. The number of fused-ring (bicyclic) bond motifs is 1. The Kier molecular flexibility index (Phi) is 2.71. The van der Waals surface area contributed by atoms with Crippen molar-refractivity contribution < 1.29 is 0 Å². The molecule has 0 aliphatic carbocycles. The minimum absolute atomic E-state index is 0.0277. The Balaban J connectivity index is 2.40. The maximum absolute atomic E-state index is 12.3. The van der Waals surface area contributed by atoms with E-state index in [1.807, 2.05) is 49.4 Å². The van der Waals surface area contributed by atoms with Crippen LogP contribution in [0.2, 0.25) is 0 Å². The highest BCUT2D eigenvalue weighted by molar-refractivity contribution is 5.88. The molecule has 1 aromatic heterocycles. The monoisotopic (exact) mass is 249 g/mol. The molecule has 2 nitrogen and oxygen atoms in total. The second kappa shape index (κ2) is 4.39. The van der Waals surface area contributed by atoms with Crippen molar-refractivity contribution in [1.82, 2.24) is 4.98 Å². The van der Waals surface area contributed by atoms with Crippen molar-refractivity contribution in [3.63, 3.8) is 0 Å². The summed E-state index contributed by atoms with van der Waals surface area (Å²) in [5.74, 6) is 0. The molecule has 0 unspecified atom stereocenters. The van der Waals surface area contributed by atoms with Gasteiger partial charge in [0.15, 0.2) is 0 Å². The van der Waals surface area contributed by atoms with Crippen LogP contribution in [0.15, 0.2) is 53.3 Å². The molecule has 0 saturated carbocycles. The molecule has 0 bridgehead atoms. The Hall–Kier alpha value is -2.35. The molecular weight excluding hydrogens is 234 g/mol. The lowest BCUT2D eigenvalue weighted by molar-refractivity contribution is 1.27. The van der Waals surface area contributed by atoms with Gasteiger partial charge in [0.25, 0.3) is 5.56 Å². The Bertz CT molecular complexity index is 801. The molecule has 2 aromatic carbocycles. The summed E-state index contributed by atoms with van der Waals surface area (Å²) in [7, 11) is 0. The van der Waals surface area contributed by atoms with Crippen LogP contribution in [-0.2, 0) is 0 Å². The third-order valence-electron chi connectivity index (χ3n) is 3.49. The standard InChI is InChI=1S/C17H15NO/c1-11-8-9-15-14(10-11)12(2)16(17(19)18-15)13-6-4-3-5-7-13/h3-10H,1-2H3,(H,18,19). The molecule has 1 N–H and O–H groups in total. The predicted molar refractivity (Wildman–Crippen MR) is 79.5 cm³/mol. The SMILES string of the molecule is Cc1ccc2[nH]c(=O)c(-c3ccccc3)c(C)c2c1. The van der Waals surface area contributed by atoms with Gasteiger partial charge in [0, 0.05) is 10.9 Å². The van der Waals surface area contributed by atoms with Crippen molar-refractivity contribution in [3.05, 3.63) is 70.0 Å². The molecule has 0 atom stereocenters. The Labute approximate surface area is 111 Å². The zero-order valence-electron chi connectivity index (χ0n) is 11.0. The highest BCUT2D eigenvalue weighted by Crippen LogP contribution is 2.25. The number of hydrogen-bond donors (Lipinski definition) is 1. The van der Waals surface area contributed by atoms with Gasteiger partial charge in [-0.15, -0.1) is 0 Å². The fourth-order valence-corrected chi connectivity index (χ4v) is 2.52. The average Bonchev–Trinajstić information content (AvgIpc) is 2.41. The molecule has 1 heterocycles. The summed E-state index contributed by atoms with van der Waals surface area (Å²) in [6.07, 6.45) is 0. The van der Waals surface area contributed by atoms with Gasteiger partial charge in [-0.1, -0.05) is 42.0 Å². The summed E-state index contributed by atoms with van der Waals surface area (Å²) >= 11 is 0. The molecule has 0 fully saturated rings. The van der Waals surface area contributed by atoms with Crippen molar-refractivity contribution in [1.29, 1.82) is 0 Å². The van der Waals surface area contributed by atoms with E-state index in [1.165, 1.54) is 5.56 Å². The van der Waals surface area contributed by atoms with Crippen molar-refractivity contribution in [2.45, 2.75) is 13.8 Å². The number of hydrogen-bond acceptors (Lipinski definition) is 1. The van der Waals surface area contributed by atoms with E-state index in [0.29, 0.717) is 0 Å². The number of nitrogens with one attached hydrogen (secondary N) is 1. The van der Waals surface area contributed by atoms with Gasteiger partial charge >= 0.3 is 0 Å². The summed E-state index contributed by atoms with van der Waals surface area (Å²) in [4.78, 5) is 15.3. The van der Waals surface area contributed by atoms with E-state index >= 15 is 0 Å². The largest absolute Gasteiger partial charge is 0.321 e. The van der Waals surface area contributed by atoms with Crippen LogP contribution in [0.25, 0.3) is 22.0 Å². The highest BCUT2D eigenvalue weighted by Gasteiger charge is 2.10.